The summed E-state index contributed by atoms with van der Waals surface area (Å²) in [5.41, 5.74) is -0.00159. The van der Waals surface area contributed by atoms with Gasteiger partial charge in [0.05, 0.1) is 0 Å². The number of carbonyl (C=O) groups is 1. The molecule has 4 heteroatoms. The molecule has 1 heterocycles. The minimum Gasteiger partial charge on any atom is -0.354 e. The molecule has 1 aliphatic heterocycles. The summed E-state index contributed by atoms with van der Waals surface area (Å²) in [6.45, 7) is 10.00. The van der Waals surface area contributed by atoms with Crippen LogP contribution in [0.3, 0.4) is 0 Å². The molecule has 4 aliphatic carbocycles. The van der Waals surface area contributed by atoms with Gasteiger partial charge in [-0.3, -0.25) is 9.69 Å². The summed E-state index contributed by atoms with van der Waals surface area (Å²) in [7, 11) is 2.20. The number of carbonyl (C=O) groups excluding carboxylic acids is 1. The Bertz CT molecular complexity index is 460. The van der Waals surface area contributed by atoms with Crippen LogP contribution in [0.15, 0.2) is 0 Å². The molecule has 0 aromatic rings. The highest BCUT2D eigenvalue weighted by atomic mass is 16.2. The number of hydrogen-bond acceptors (Lipinski definition) is 3. The summed E-state index contributed by atoms with van der Waals surface area (Å²) in [5.74, 6) is 3.51. The summed E-state index contributed by atoms with van der Waals surface area (Å²) in [4.78, 5) is 18.2. The van der Waals surface area contributed by atoms with E-state index in [9.17, 15) is 4.79 Å². The van der Waals surface area contributed by atoms with E-state index in [0.29, 0.717) is 17.9 Å². The number of rotatable bonds is 5. The zero-order valence-corrected chi connectivity index (χ0v) is 16.5. The first-order valence-corrected chi connectivity index (χ1v) is 10.7. The summed E-state index contributed by atoms with van der Waals surface area (Å²) >= 11 is 0. The molecule has 1 saturated heterocycles. The minimum atomic E-state index is -0.00159. The lowest BCUT2D eigenvalue weighted by Crippen LogP contribution is -2.57. The third-order valence-electron chi connectivity index (χ3n) is 7.77. The fraction of sp³-hybridized carbons (Fsp3) is 0.952. The topological polar surface area (TPSA) is 35.6 Å². The second kappa shape index (κ2) is 6.84. The zero-order valence-electron chi connectivity index (χ0n) is 16.5. The number of nitrogens with zero attached hydrogens (tertiary/aromatic N) is 2. The molecule has 0 radical (unpaired) electrons. The molecule has 0 spiro atoms. The van der Waals surface area contributed by atoms with E-state index in [1.54, 1.807) is 0 Å². The van der Waals surface area contributed by atoms with Crippen LogP contribution in [-0.2, 0) is 4.79 Å². The minimum absolute atomic E-state index is 0.00159. The van der Waals surface area contributed by atoms with Crippen LogP contribution in [0.5, 0.6) is 0 Å². The van der Waals surface area contributed by atoms with E-state index >= 15 is 0 Å². The highest BCUT2D eigenvalue weighted by molar-refractivity contribution is 5.83. The fourth-order valence-corrected chi connectivity index (χ4v) is 6.71. The molecule has 1 N–H and O–H groups in total. The predicted octanol–water partition coefficient (Wildman–Crippen LogP) is 2.59. The van der Waals surface area contributed by atoms with Crippen molar-refractivity contribution in [2.45, 2.75) is 58.4 Å². The maximum atomic E-state index is 13.2. The van der Waals surface area contributed by atoms with Gasteiger partial charge >= 0.3 is 0 Å². The Hall–Kier alpha value is -0.610. The van der Waals surface area contributed by atoms with Crippen molar-refractivity contribution in [1.82, 2.24) is 15.1 Å². The second-order valence-corrected chi connectivity index (χ2v) is 10.1. The number of likely N-dealkylation sites (N-methyl/N-ethyl adjacent to an activating group) is 1. The molecule has 4 bridgehead atoms. The van der Waals surface area contributed by atoms with Crippen LogP contribution in [0.25, 0.3) is 0 Å². The van der Waals surface area contributed by atoms with Gasteiger partial charge in [-0.1, -0.05) is 13.8 Å². The maximum absolute atomic E-state index is 13.2. The first-order valence-electron chi connectivity index (χ1n) is 10.7. The average molecular weight is 348 g/mol. The Kier molecular flexibility index (Phi) is 4.87. The lowest BCUT2D eigenvalue weighted by atomic mass is 9.49. The van der Waals surface area contributed by atoms with Crippen LogP contribution in [0.4, 0.5) is 0 Å². The normalized spacial score (nSPS) is 39.8. The highest BCUT2D eigenvalue weighted by Crippen LogP contribution is 2.60. The Balaban J connectivity index is 1.37. The van der Waals surface area contributed by atoms with Gasteiger partial charge in [0.1, 0.15) is 0 Å². The van der Waals surface area contributed by atoms with Gasteiger partial charge < -0.3 is 10.2 Å². The lowest BCUT2D eigenvalue weighted by molar-refractivity contribution is -0.146. The molecule has 1 amide bonds. The van der Waals surface area contributed by atoms with Crippen molar-refractivity contribution in [1.29, 1.82) is 0 Å². The van der Waals surface area contributed by atoms with Gasteiger partial charge in [-0.2, -0.15) is 0 Å². The standard InChI is InChI=1S/C21H37N3O/c1-15(2)19(24-6-4-23(3)5-7-24)14-22-20(25)21-11-16-8-17(12-21)10-18(9-16)13-21/h15-19H,4-14H2,1-3H3,(H,22,25). The van der Waals surface area contributed by atoms with E-state index in [2.05, 4.69) is 36.0 Å². The van der Waals surface area contributed by atoms with Gasteiger partial charge in [-0.25, -0.2) is 0 Å². The number of amides is 1. The highest BCUT2D eigenvalue weighted by Gasteiger charge is 2.54. The van der Waals surface area contributed by atoms with Crippen molar-refractivity contribution in [3.63, 3.8) is 0 Å². The van der Waals surface area contributed by atoms with Gasteiger partial charge in [0.25, 0.3) is 0 Å². The smallest absolute Gasteiger partial charge is 0.226 e. The Labute approximate surface area is 153 Å². The zero-order chi connectivity index (χ0) is 17.6. The molecule has 4 nitrogen and oxygen atoms in total. The molecule has 142 valence electrons. The largest absolute Gasteiger partial charge is 0.354 e. The molecule has 4 saturated carbocycles. The molecular formula is C21H37N3O. The third-order valence-corrected chi connectivity index (χ3v) is 7.77. The molecule has 0 aromatic heterocycles. The predicted molar refractivity (Wildman–Crippen MR) is 101 cm³/mol. The van der Waals surface area contributed by atoms with Crippen molar-refractivity contribution in [3.05, 3.63) is 0 Å². The van der Waals surface area contributed by atoms with E-state index in [1.165, 1.54) is 38.5 Å². The van der Waals surface area contributed by atoms with Crippen molar-refractivity contribution < 1.29 is 4.79 Å². The van der Waals surface area contributed by atoms with Crippen LogP contribution in [0.2, 0.25) is 0 Å². The summed E-state index contributed by atoms with van der Waals surface area (Å²) < 4.78 is 0. The van der Waals surface area contributed by atoms with Gasteiger partial charge in [-0.05, 0) is 69.2 Å². The van der Waals surface area contributed by atoms with Crippen molar-refractivity contribution in [3.8, 4) is 0 Å². The Morgan fingerprint density at radius 1 is 1.00 bits per heavy atom. The lowest BCUT2D eigenvalue weighted by Gasteiger charge is -2.55. The summed E-state index contributed by atoms with van der Waals surface area (Å²) in [5, 5.41) is 3.44. The molecule has 1 atom stereocenters. The van der Waals surface area contributed by atoms with Crippen molar-refractivity contribution >= 4 is 5.91 Å². The fourth-order valence-electron chi connectivity index (χ4n) is 6.71. The van der Waals surface area contributed by atoms with Gasteiger partial charge in [0.2, 0.25) is 5.91 Å². The van der Waals surface area contributed by atoms with Gasteiger partial charge in [-0.15, -0.1) is 0 Å². The van der Waals surface area contributed by atoms with E-state index in [1.807, 2.05) is 0 Å². The number of piperazine rings is 1. The first-order chi connectivity index (χ1) is 11.9. The van der Waals surface area contributed by atoms with Crippen molar-refractivity contribution in [2.75, 3.05) is 39.8 Å². The maximum Gasteiger partial charge on any atom is 0.226 e. The molecule has 5 fully saturated rings. The van der Waals surface area contributed by atoms with Gasteiger partial charge in [0, 0.05) is 44.2 Å². The van der Waals surface area contributed by atoms with Crippen molar-refractivity contribution in [2.24, 2.45) is 29.1 Å². The molecule has 1 unspecified atom stereocenters. The molecular weight excluding hydrogens is 310 g/mol. The van der Waals surface area contributed by atoms with E-state index in [-0.39, 0.29) is 5.41 Å². The Morgan fingerprint density at radius 2 is 1.52 bits per heavy atom. The SMILES string of the molecule is CC(C)C(CNC(=O)C12CC3CC(CC(C3)C1)C2)N1CCN(C)CC1. The van der Waals surface area contributed by atoms with E-state index in [0.717, 1.165) is 50.5 Å². The Morgan fingerprint density at radius 3 is 2.00 bits per heavy atom. The van der Waals surface area contributed by atoms with Crippen LogP contribution in [-0.4, -0.2) is 61.5 Å². The first kappa shape index (κ1) is 17.8. The van der Waals surface area contributed by atoms with Gasteiger partial charge in [0.15, 0.2) is 0 Å². The average Bonchev–Trinajstić information content (AvgIpc) is 2.55. The van der Waals surface area contributed by atoms with Crippen LogP contribution < -0.4 is 5.32 Å². The summed E-state index contributed by atoms with van der Waals surface area (Å²) in [6.07, 6.45) is 7.73. The quantitative estimate of drug-likeness (QED) is 0.830. The van der Waals surface area contributed by atoms with E-state index < -0.39 is 0 Å². The molecule has 25 heavy (non-hydrogen) atoms. The number of nitrogens with one attached hydrogen (secondary N) is 1. The third kappa shape index (κ3) is 3.49. The second-order valence-electron chi connectivity index (χ2n) is 10.1. The monoisotopic (exact) mass is 347 g/mol. The van der Waals surface area contributed by atoms with Crippen LogP contribution in [0, 0.1) is 29.1 Å². The number of hydrogen-bond donors (Lipinski definition) is 1. The molecule has 0 aromatic carbocycles. The molecule has 5 aliphatic rings. The van der Waals surface area contributed by atoms with E-state index in [4.69, 9.17) is 0 Å². The summed E-state index contributed by atoms with van der Waals surface area (Å²) in [6, 6.07) is 0.478. The van der Waals surface area contributed by atoms with Crippen LogP contribution >= 0.6 is 0 Å². The molecule has 5 rings (SSSR count). The van der Waals surface area contributed by atoms with Crippen LogP contribution in [0.1, 0.15) is 52.4 Å².